The van der Waals surface area contributed by atoms with Crippen molar-refractivity contribution in [1.29, 1.82) is 0 Å². The summed E-state index contributed by atoms with van der Waals surface area (Å²) < 4.78 is 30.6. The van der Waals surface area contributed by atoms with E-state index >= 15 is 0 Å². The second kappa shape index (κ2) is 6.86. The van der Waals surface area contributed by atoms with Gasteiger partial charge in [0.1, 0.15) is 24.1 Å². The number of nitrogens with two attached hydrogens (primary N) is 1. The quantitative estimate of drug-likeness (QED) is 0.374. The highest BCUT2D eigenvalue weighted by molar-refractivity contribution is 7.88. The summed E-state index contributed by atoms with van der Waals surface area (Å²) in [5.74, 6) is 0.309. The van der Waals surface area contributed by atoms with Crippen LogP contribution in [0.25, 0.3) is 0 Å². The van der Waals surface area contributed by atoms with Crippen molar-refractivity contribution in [2.24, 2.45) is 5.73 Å². The van der Waals surface area contributed by atoms with Crippen molar-refractivity contribution in [3.63, 3.8) is 0 Å². The third kappa shape index (κ3) is 4.77. The highest BCUT2D eigenvalue weighted by Gasteiger charge is 2.41. The fourth-order valence-corrected chi connectivity index (χ4v) is 2.79. The molecule has 21 heavy (non-hydrogen) atoms. The van der Waals surface area contributed by atoms with Crippen LogP contribution in [0.5, 0.6) is 0 Å². The van der Waals surface area contributed by atoms with Crippen LogP contribution < -0.4 is 10.5 Å². The number of sulfonamides is 1. The molecule has 1 rings (SSSR count). The molecule has 0 aromatic carbocycles. The Balaban J connectivity index is 3.13. The predicted octanol–water partition coefficient (Wildman–Crippen LogP) is -2.20. The maximum absolute atomic E-state index is 11.4. The maximum atomic E-state index is 11.4. The van der Waals surface area contributed by atoms with Crippen LogP contribution in [0.1, 0.15) is 6.92 Å². The minimum atomic E-state index is -3.61. The van der Waals surface area contributed by atoms with Crippen LogP contribution in [0.2, 0.25) is 0 Å². The van der Waals surface area contributed by atoms with Gasteiger partial charge in [-0.25, -0.2) is 13.1 Å². The van der Waals surface area contributed by atoms with E-state index in [0.717, 1.165) is 6.26 Å². The van der Waals surface area contributed by atoms with Crippen LogP contribution in [-0.4, -0.2) is 67.0 Å². The lowest BCUT2D eigenvalue weighted by Crippen LogP contribution is -2.61. The first-order chi connectivity index (χ1) is 9.56. The van der Waals surface area contributed by atoms with Crippen molar-refractivity contribution in [3.05, 3.63) is 24.0 Å². The lowest BCUT2D eigenvalue weighted by atomic mass is 9.93. The van der Waals surface area contributed by atoms with Gasteiger partial charge in [-0.1, -0.05) is 6.58 Å². The van der Waals surface area contributed by atoms with E-state index < -0.39 is 47.0 Å². The van der Waals surface area contributed by atoms with Crippen LogP contribution in [-0.2, 0) is 14.8 Å². The van der Waals surface area contributed by atoms with E-state index in [9.17, 15) is 18.6 Å². The fraction of sp³-hybridized carbons (Fsp3) is 0.667. The average molecular weight is 322 g/mol. The summed E-state index contributed by atoms with van der Waals surface area (Å²) in [5, 5.41) is 28.5. The van der Waals surface area contributed by atoms with Crippen molar-refractivity contribution in [2.75, 3.05) is 12.9 Å². The standard InChI is InChI=1S/C12H22N2O6S/c1-6(2)9-4-7(13)10(14-21(3,18)19)12(20-9)11(17)8(16)5-15/h4,7-8,10-12,14-17H,1,5,13H2,2-3H3/t7-,8+,10+,11+,12+/m0/s1. The monoisotopic (exact) mass is 322 g/mol. The van der Waals surface area contributed by atoms with E-state index in [1.54, 1.807) is 6.92 Å². The Kier molecular flexibility index (Phi) is 5.91. The van der Waals surface area contributed by atoms with Gasteiger partial charge in [-0.3, -0.25) is 0 Å². The first-order valence-corrected chi connectivity index (χ1v) is 8.20. The van der Waals surface area contributed by atoms with E-state index in [0.29, 0.717) is 11.3 Å². The molecule has 122 valence electrons. The molecule has 6 N–H and O–H groups in total. The summed E-state index contributed by atoms with van der Waals surface area (Å²) >= 11 is 0. The second-order valence-corrected chi connectivity index (χ2v) is 6.91. The number of ether oxygens (including phenoxy) is 1. The Hall–Kier alpha value is -0.970. The highest BCUT2D eigenvalue weighted by Crippen LogP contribution is 2.25. The molecule has 8 nitrogen and oxygen atoms in total. The van der Waals surface area contributed by atoms with Gasteiger partial charge in [-0.15, -0.1) is 0 Å². The van der Waals surface area contributed by atoms with E-state index in [1.807, 2.05) is 0 Å². The Morgan fingerprint density at radius 2 is 2.14 bits per heavy atom. The molecule has 0 bridgehead atoms. The minimum absolute atomic E-state index is 0.309. The molecule has 0 aromatic rings. The van der Waals surface area contributed by atoms with Gasteiger partial charge in [0.25, 0.3) is 0 Å². The third-order valence-electron chi connectivity index (χ3n) is 3.06. The van der Waals surface area contributed by atoms with E-state index in [2.05, 4.69) is 11.3 Å². The molecule has 1 heterocycles. The zero-order valence-electron chi connectivity index (χ0n) is 11.9. The number of allylic oxidation sites excluding steroid dienone is 1. The average Bonchev–Trinajstić information content (AvgIpc) is 2.37. The van der Waals surface area contributed by atoms with Crippen LogP contribution in [0.15, 0.2) is 24.0 Å². The first kappa shape index (κ1) is 18.1. The smallest absolute Gasteiger partial charge is 0.209 e. The molecule has 0 aromatic heterocycles. The van der Waals surface area contributed by atoms with E-state index in [-0.39, 0.29) is 0 Å². The number of rotatable bonds is 6. The molecule has 1 aliphatic rings. The number of nitrogens with one attached hydrogen (secondary N) is 1. The van der Waals surface area contributed by atoms with Crippen molar-refractivity contribution in [2.45, 2.75) is 37.3 Å². The molecule has 0 spiro atoms. The molecule has 0 aliphatic carbocycles. The molecular formula is C12H22N2O6S. The van der Waals surface area contributed by atoms with Crippen LogP contribution in [0.3, 0.4) is 0 Å². The molecule has 0 saturated heterocycles. The largest absolute Gasteiger partial charge is 0.486 e. The molecule has 0 radical (unpaired) electrons. The fourth-order valence-electron chi connectivity index (χ4n) is 2.00. The Bertz CT molecular complexity index is 518. The van der Waals surface area contributed by atoms with E-state index in [4.69, 9.17) is 15.6 Å². The minimum Gasteiger partial charge on any atom is -0.486 e. The maximum Gasteiger partial charge on any atom is 0.209 e. The summed E-state index contributed by atoms with van der Waals surface area (Å²) in [7, 11) is -3.61. The SMILES string of the molecule is C=C(C)C1=C[C@H](N)[C@@H](NS(C)(=O)=O)[C@H]([C@H](O)[C@H](O)CO)O1. The lowest BCUT2D eigenvalue weighted by Gasteiger charge is -2.39. The first-order valence-electron chi connectivity index (χ1n) is 6.31. The number of aliphatic hydroxyl groups excluding tert-OH is 3. The van der Waals surface area contributed by atoms with E-state index in [1.165, 1.54) is 6.08 Å². The van der Waals surface area contributed by atoms with Gasteiger partial charge in [-0.2, -0.15) is 0 Å². The third-order valence-corrected chi connectivity index (χ3v) is 3.76. The zero-order chi connectivity index (χ0) is 16.4. The predicted molar refractivity (Wildman–Crippen MR) is 76.6 cm³/mol. The number of aliphatic hydroxyl groups is 3. The number of hydrogen-bond acceptors (Lipinski definition) is 7. The molecule has 5 atom stereocenters. The van der Waals surface area contributed by atoms with Crippen LogP contribution in [0.4, 0.5) is 0 Å². The summed E-state index contributed by atoms with van der Waals surface area (Å²) in [6.07, 6.45) is -1.74. The zero-order valence-corrected chi connectivity index (χ0v) is 12.7. The molecule has 1 aliphatic heterocycles. The second-order valence-electron chi connectivity index (χ2n) is 5.13. The summed E-state index contributed by atoms with van der Waals surface area (Å²) in [5.41, 5.74) is 6.45. The molecule has 0 saturated carbocycles. The molecule has 9 heteroatoms. The van der Waals surface area contributed by atoms with Crippen molar-refractivity contribution < 1.29 is 28.5 Å². The summed E-state index contributed by atoms with van der Waals surface area (Å²) in [6.45, 7) is 4.65. The van der Waals surface area contributed by atoms with Gasteiger partial charge in [-0.05, 0) is 18.6 Å². The van der Waals surface area contributed by atoms with Gasteiger partial charge in [0, 0.05) is 6.04 Å². The topological polar surface area (TPSA) is 142 Å². The van der Waals surface area contributed by atoms with Crippen molar-refractivity contribution >= 4 is 10.0 Å². The van der Waals surface area contributed by atoms with Gasteiger partial charge in [0.05, 0.1) is 18.9 Å². The van der Waals surface area contributed by atoms with Gasteiger partial charge >= 0.3 is 0 Å². The normalized spacial score (nSPS) is 29.2. The van der Waals surface area contributed by atoms with Gasteiger partial charge in [0.2, 0.25) is 10.0 Å². The summed E-state index contributed by atoms with van der Waals surface area (Å²) in [6, 6.07) is -1.77. The van der Waals surface area contributed by atoms with Gasteiger partial charge in [0.15, 0.2) is 0 Å². The van der Waals surface area contributed by atoms with Crippen molar-refractivity contribution in [1.82, 2.24) is 4.72 Å². The molecule has 0 unspecified atom stereocenters. The highest BCUT2D eigenvalue weighted by atomic mass is 32.2. The Morgan fingerprint density at radius 1 is 1.57 bits per heavy atom. The van der Waals surface area contributed by atoms with Gasteiger partial charge < -0.3 is 25.8 Å². The lowest BCUT2D eigenvalue weighted by molar-refractivity contribution is -0.0988. The summed E-state index contributed by atoms with van der Waals surface area (Å²) in [4.78, 5) is 0. The molecular weight excluding hydrogens is 300 g/mol. The Labute approximate surface area is 124 Å². The van der Waals surface area contributed by atoms with Crippen LogP contribution >= 0.6 is 0 Å². The molecule has 0 fully saturated rings. The van der Waals surface area contributed by atoms with Crippen LogP contribution in [0, 0.1) is 0 Å². The van der Waals surface area contributed by atoms with Crippen molar-refractivity contribution in [3.8, 4) is 0 Å². The Morgan fingerprint density at radius 3 is 2.57 bits per heavy atom. The number of hydrogen-bond donors (Lipinski definition) is 5. The molecule has 0 amide bonds.